The fourth-order valence-corrected chi connectivity index (χ4v) is 3.92. The van der Waals surface area contributed by atoms with Crippen molar-refractivity contribution in [3.8, 4) is 0 Å². The van der Waals surface area contributed by atoms with Gasteiger partial charge in [-0.2, -0.15) is 0 Å². The summed E-state index contributed by atoms with van der Waals surface area (Å²) in [6, 6.07) is 13.8. The Kier molecular flexibility index (Phi) is 7.49. The third-order valence-corrected chi connectivity index (χ3v) is 5.54. The number of hydrogen-bond donors (Lipinski definition) is 2. The molecule has 0 heterocycles. The van der Waals surface area contributed by atoms with Gasteiger partial charge in [0.05, 0.1) is 18.8 Å². The molecule has 0 unspecified atom stereocenters. The molecular weight excluding hydrogens is 350 g/mol. The van der Waals surface area contributed by atoms with E-state index in [0.717, 1.165) is 29.2 Å². The third kappa shape index (κ3) is 5.59. The summed E-state index contributed by atoms with van der Waals surface area (Å²) >= 11 is 0. The fourth-order valence-electron chi connectivity index (χ4n) is 3.92. The van der Waals surface area contributed by atoms with Crippen molar-refractivity contribution in [2.45, 2.75) is 58.6 Å². The molecule has 150 valence electrons. The minimum Gasteiger partial charge on any atom is -0.462 e. The number of rotatable bonds is 8. The number of carbonyl (C=O) groups is 1. The molecule has 4 heteroatoms. The second kappa shape index (κ2) is 10.3. The molecule has 0 atom stereocenters. The van der Waals surface area contributed by atoms with E-state index in [9.17, 15) is 9.90 Å². The molecule has 2 aromatic carbocycles. The van der Waals surface area contributed by atoms with E-state index < -0.39 is 0 Å². The molecule has 0 bridgehead atoms. The van der Waals surface area contributed by atoms with E-state index >= 15 is 0 Å². The number of anilines is 1. The number of aliphatic hydroxyl groups excluding tert-OH is 1. The maximum Gasteiger partial charge on any atom is 0.338 e. The summed E-state index contributed by atoms with van der Waals surface area (Å²) in [6.45, 7) is 2.93. The second-order valence-electron chi connectivity index (χ2n) is 7.63. The van der Waals surface area contributed by atoms with E-state index in [2.05, 4.69) is 11.4 Å². The smallest absolute Gasteiger partial charge is 0.338 e. The van der Waals surface area contributed by atoms with Gasteiger partial charge in [-0.05, 0) is 48.1 Å². The first-order chi connectivity index (χ1) is 13.7. The molecule has 28 heavy (non-hydrogen) atoms. The van der Waals surface area contributed by atoms with Crippen molar-refractivity contribution in [2.75, 3.05) is 11.9 Å². The monoisotopic (exact) mass is 381 g/mol. The normalized spacial score (nSPS) is 14.6. The minimum absolute atomic E-state index is 0.0564. The van der Waals surface area contributed by atoms with Crippen LogP contribution >= 0.6 is 0 Å². The highest BCUT2D eigenvalue weighted by atomic mass is 16.5. The Morgan fingerprint density at radius 3 is 2.46 bits per heavy atom. The largest absolute Gasteiger partial charge is 0.462 e. The van der Waals surface area contributed by atoms with Crippen LogP contribution in [0.2, 0.25) is 0 Å². The van der Waals surface area contributed by atoms with E-state index in [1.54, 1.807) is 0 Å². The molecule has 4 nitrogen and oxygen atoms in total. The molecule has 0 saturated heterocycles. The zero-order valence-corrected chi connectivity index (χ0v) is 16.7. The maximum atomic E-state index is 12.2. The van der Waals surface area contributed by atoms with Crippen LogP contribution in [0, 0.1) is 5.92 Å². The Labute approximate surface area is 167 Å². The lowest BCUT2D eigenvalue weighted by atomic mass is 9.84. The maximum absolute atomic E-state index is 12.2. The molecule has 0 aliphatic heterocycles. The molecule has 0 aromatic heterocycles. The molecule has 0 amide bonds. The molecule has 2 aromatic rings. The number of nitrogens with one attached hydrogen (secondary N) is 1. The highest BCUT2D eigenvalue weighted by Gasteiger charge is 2.17. The van der Waals surface area contributed by atoms with Crippen LogP contribution < -0.4 is 5.32 Å². The Balaban J connectivity index is 1.76. The van der Waals surface area contributed by atoms with Gasteiger partial charge in [-0.3, -0.25) is 0 Å². The van der Waals surface area contributed by atoms with Gasteiger partial charge in [0.2, 0.25) is 0 Å². The van der Waals surface area contributed by atoms with Crippen molar-refractivity contribution in [1.29, 1.82) is 0 Å². The lowest BCUT2D eigenvalue weighted by Crippen LogP contribution is -2.12. The summed E-state index contributed by atoms with van der Waals surface area (Å²) in [7, 11) is 0. The van der Waals surface area contributed by atoms with Crippen molar-refractivity contribution in [1.82, 2.24) is 0 Å². The van der Waals surface area contributed by atoms with E-state index in [4.69, 9.17) is 4.74 Å². The molecule has 1 aliphatic carbocycles. The van der Waals surface area contributed by atoms with Gasteiger partial charge in [-0.25, -0.2) is 4.79 Å². The molecule has 0 spiro atoms. The average Bonchev–Trinajstić information content (AvgIpc) is 2.74. The van der Waals surface area contributed by atoms with Crippen LogP contribution in [0.15, 0.2) is 42.5 Å². The number of carbonyl (C=O) groups excluding carboxylic acids is 1. The topological polar surface area (TPSA) is 58.6 Å². The average molecular weight is 382 g/mol. The van der Waals surface area contributed by atoms with Crippen molar-refractivity contribution in [3.05, 3.63) is 64.7 Å². The zero-order valence-electron chi connectivity index (χ0n) is 16.7. The Morgan fingerprint density at radius 1 is 1.07 bits per heavy atom. The lowest BCUT2D eigenvalue weighted by molar-refractivity contribution is 0.0526. The number of aliphatic hydroxyl groups is 1. The number of ether oxygens (including phenoxy) is 1. The van der Waals surface area contributed by atoms with Gasteiger partial charge in [-0.1, -0.05) is 62.4 Å². The van der Waals surface area contributed by atoms with Crippen LogP contribution in [0.5, 0.6) is 0 Å². The van der Waals surface area contributed by atoms with Gasteiger partial charge < -0.3 is 15.2 Å². The van der Waals surface area contributed by atoms with Crippen molar-refractivity contribution in [3.63, 3.8) is 0 Å². The summed E-state index contributed by atoms with van der Waals surface area (Å²) in [5.41, 5.74) is 4.93. The molecule has 3 rings (SSSR count). The highest BCUT2D eigenvalue weighted by molar-refractivity contribution is 5.90. The van der Waals surface area contributed by atoms with Crippen LogP contribution in [-0.4, -0.2) is 17.7 Å². The first-order valence-electron chi connectivity index (χ1n) is 10.4. The number of hydrogen-bond acceptors (Lipinski definition) is 4. The van der Waals surface area contributed by atoms with Gasteiger partial charge in [-0.15, -0.1) is 0 Å². The summed E-state index contributed by atoms with van der Waals surface area (Å²) in [5, 5.41) is 12.7. The highest BCUT2D eigenvalue weighted by Crippen LogP contribution is 2.30. The van der Waals surface area contributed by atoms with Crippen LogP contribution in [0.4, 0.5) is 5.69 Å². The van der Waals surface area contributed by atoms with E-state index in [0.29, 0.717) is 18.7 Å². The quantitative estimate of drug-likeness (QED) is 0.625. The van der Waals surface area contributed by atoms with Crippen molar-refractivity contribution in [2.24, 2.45) is 5.92 Å². The SMILES string of the molecule is CCOC(=O)c1ccc(CC2CCCCC2)c(NCc2ccc(CO)cc2)c1. The van der Waals surface area contributed by atoms with E-state index in [1.165, 1.54) is 37.7 Å². The van der Waals surface area contributed by atoms with Gasteiger partial charge in [0.15, 0.2) is 0 Å². The van der Waals surface area contributed by atoms with Gasteiger partial charge >= 0.3 is 5.97 Å². The summed E-state index contributed by atoms with van der Waals surface area (Å²) in [5.74, 6) is 0.452. The molecule has 1 aliphatic rings. The van der Waals surface area contributed by atoms with Crippen molar-refractivity contribution < 1.29 is 14.6 Å². The van der Waals surface area contributed by atoms with Crippen LogP contribution in [0.1, 0.15) is 66.1 Å². The predicted molar refractivity (Wildman–Crippen MR) is 112 cm³/mol. The van der Waals surface area contributed by atoms with Gasteiger partial charge in [0.25, 0.3) is 0 Å². The first-order valence-corrected chi connectivity index (χ1v) is 10.4. The molecule has 1 saturated carbocycles. The summed E-state index contributed by atoms with van der Waals surface area (Å²) in [4.78, 5) is 12.2. The standard InChI is InChI=1S/C24H31NO3/c1-2-28-24(27)22-13-12-21(14-18-6-4-3-5-7-18)23(15-22)25-16-19-8-10-20(17-26)11-9-19/h8-13,15,18,25-26H,2-7,14,16-17H2,1H3. The zero-order chi connectivity index (χ0) is 19.8. The molecular formula is C24H31NO3. The molecule has 2 N–H and O–H groups in total. The molecule has 0 radical (unpaired) electrons. The fraction of sp³-hybridized carbons (Fsp3) is 0.458. The third-order valence-electron chi connectivity index (χ3n) is 5.54. The molecule has 1 fully saturated rings. The summed E-state index contributed by atoms with van der Waals surface area (Å²) in [6.07, 6.45) is 7.64. The Hall–Kier alpha value is -2.33. The van der Waals surface area contributed by atoms with E-state index in [-0.39, 0.29) is 12.6 Å². The Morgan fingerprint density at radius 2 is 1.79 bits per heavy atom. The van der Waals surface area contributed by atoms with Gasteiger partial charge in [0.1, 0.15) is 0 Å². The van der Waals surface area contributed by atoms with Crippen LogP contribution in [0.25, 0.3) is 0 Å². The van der Waals surface area contributed by atoms with E-state index in [1.807, 2.05) is 43.3 Å². The second-order valence-corrected chi connectivity index (χ2v) is 7.63. The van der Waals surface area contributed by atoms with Crippen LogP contribution in [-0.2, 0) is 24.3 Å². The number of esters is 1. The van der Waals surface area contributed by atoms with Crippen LogP contribution in [0.3, 0.4) is 0 Å². The first kappa shape index (κ1) is 20.4. The number of benzene rings is 2. The summed E-state index contributed by atoms with van der Waals surface area (Å²) < 4.78 is 5.17. The predicted octanol–water partition coefficient (Wildman–Crippen LogP) is 5.09. The van der Waals surface area contributed by atoms with Crippen molar-refractivity contribution >= 4 is 11.7 Å². The Bertz CT molecular complexity index is 764. The minimum atomic E-state index is -0.276. The van der Waals surface area contributed by atoms with Gasteiger partial charge in [0, 0.05) is 12.2 Å². The lowest BCUT2D eigenvalue weighted by Gasteiger charge is -2.23.